The quantitative estimate of drug-likeness (QED) is 0.891. The van der Waals surface area contributed by atoms with Crippen LogP contribution in [0.3, 0.4) is 0 Å². The Bertz CT molecular complexity index is 600. The van der Waals surface area contributed by atoms with E-state index < -0.39 is 17.8 Å². The van der Waals surface area contributed by atoms with Crippen molar-refractivity contribution in [1.82, 2.24) is 4.98 Å². The maximum absolute atomic E-state index is 13.0. The van der Waals surface area contributed by atoms with Gasteiger partial charge in [-0.05, 0) is 30.7 Å². The summed E-state index contributed by atoms with van der Waals surface area (Å²) in [5.41, 5.74) is 1.37. The van der Waals surface area contributed by atoms with Gasteiger partial charge in [0.15, 0.2) is 0 Å². The number of nitrogens with zero attached hydrogens (tertiary/aromatic N) is 1. The topological polar surface area (TPSA) is 62.2 Å². The standard InChI is InChI=1S/C14H13FN2O2/c1-9(18)10-3-2-4-13(6-10)17-14(19)11-5-12(15)8-16-7-11/h2-9,18H,1H3,(H,17,19). The number of anilines is 1. The number of pyridine rings is 1. The molecule has 1 heterocycles. The zero-order valence-corrected chi connectivity index (χ0v) is 10.3. The number of halogens is 1. The fourth-order valence-corrected chi connectivity index (χ4v) is 1.62. The molecular weight excluding hydrogens is 247 g/mol. The molecule has 2 aromatic rings. The van der Waals surface area contributed by atoms with Crippen molar-refractivity contribution in [3.63, 3.8) is 0 Å². The van der Waals surface area contributed by atoms with Crippen LogP contribution in [-0.2, 0) is 0 Å². The fourth-order valence-electron chi connectivity index (χ4n) is 1.62. The third-order valence-electron chi connectivity index (χ3n) is 2.59. The third kappa shape index (κ3) is 3.35. The molecule has 1 unspecified atom stereocenters. The second-order valence-corrected chi connectivity index (χ2v) is 4.15. The van der Waals surface area contributed by atoms with E-state index in [0.29, 0.717) is 11.3 Å². The molecule has 0 aliphatic rings. The van der Waals surface area contributed by atoms with Crippen LogP contribution in [0.5, 0.6) is 0 Å². The van der Waals surface area contributed by atoms with Gasteiger partial charge in [0.05, 0.1) is 17.9 Å². The van der Waals surface area contributed by atoms with Crippen LogP contribution in [0, 0.1) is 5.82 Å². The van der Waals surface area contributed by atoms with Gasteiger partial charge in [-0.2, -0.15) is 0 Å². The van der Waals surface area contributed by atoms with Crippen molar-refractivity contribution < 1.29 is 14.3 Å². The first kappa shape index (κ1) is 13.2. The number of hydrogen-bond acceptors (Lipinski definition) is 3. The Morgan fingerprint density at radius 1 is 1.37 bits per heavy atom. The predicted octanol–water partition coefficient (Wildman–Crippen LogP) is 2.53. The molecule has 2 rings (SSSR count). The zero-order chi connectivity index (χ0) is 13.8. The maximum Gasteiger partial charge on any atom is 0.257 e. The second-order valence-electron chi connectivity index (χ2n) is 4.15. The normalized spacial score (nSPS) is 11.9. The van der Waals surface area contributed by atoms with Crippen molar-refractivity contribution >= 4 is 11.6 Å². The number of carbonyl (C=O) groups is 1. The summed E-state index contributed by atoms with van der Waals surface area (Å²) in [7, 11) is 0. The van der Waals surface area contributed by atoms with Crippen molar-refractivity contribution in [3.05, 3.63) is 59.7 Å². The molecule has 0 saturated carbocycles. The largest absolute Gasteiger partial charge is 0.389 e. The van der Waals surface area contributed by atoms with E-state index in [1.807, 2.05) is 0 Å². The van der Waals surface area contributed by atoms with Crippen molar-refractivity contribution in [1.29, 1.82) is 0 Å². The lowest BCUT2D eigenvalue weighted by Crippen LogP contribution is -2.12. The van der Waals surface area contributed by atoms with Gasteiger partial charge in [-0.1, -0.05) is 12.1 Å². The highest BCUT2D eigenvalue weighted by Gasteiger charge is 2.08. The molecule has 19 heavy (non-hydrogen) atoms. The molecule has 1 atom stereocenters. The summed E-state index contributed by atoms with van der Waals surface area (Å²) < 4.78 is 13.0. The van der Waals surface area contributed by atoms with Gasteiger partial charge >= 0.3 is 0 Å². The molecule has 0 bridgehead atoms. The smallest absolute Gasteiger partial charge is 0.257 e. The molecule has 1 aromatic heterocycles. The van der Waals surface area contributed by atoms with Crippen LogP contribution in [0.2, 0.25) is 0 Å². The van der Waals surface area contributed by atoms with Crippen molar-refractivity contribution in [3.8, 4) is 0 Å². The van der Waals surface area contributed by atoms with Gasteiger partial charge in [-0.15, -0.1) is 0 Å². The third-order valence-corrected chi connectivity index (χ3v) is 2.59. The Morgan fingerprint density at radius 3 is 2.84 bits per heavy atom. The average Bonchev–Trinajstić information content (AvgIpc) is 2.39. The number of aromatic nitrogens is 1. The van der Waals surface area contributed by atoms with Crippen molar-refractivity contribution in [2.75, 3.05) is 5.32 Å². The number of hydrogen-bond donors (Lipinski definition) is 2. The van der Waals surface area contributed by atoms with Crippen LogP contribution in [-0.4, -0.2) is 16.0 Å². The Labute approximate surface area is 109 Å². The summed E-state index contributed by atoms with van der Waals surface area (Å²) >= 11 is 0. The molecule has 4 nitrogen and oxygen atoms in total. The SMILES string of the molecule is CC(O)c1cccc(NC(=O)c2cncc(F)c2)c1. The van der Waals surface area contributed by atoms with E-state index in [0.717, 1.165) is 12.3 Å². The second kappa shape index (κ2) is 5.58. The molecule has 0 spiro atoms. The van der Waals surface area contributed by atoms with Gasteiger partial charge in [0.2, 0.25) is 0 Å². The lowest BCUT2D eigenvalue weighted by atomic mass is 10.1. The van der Waals surface area contributed by atoms with E-state index in [1.54, 1.807) is 31.2 Å². The van der Waals surface area contributed by atoms with E-state index in [9.17, 15) is 14.3 Å². The molecule has 5 heteroatoms. The fraction of sp³-hybridized carbons (Fsp3) is 0.143. The Morgan fingerprint density at radius 2 is 2.16 bits per heavy atom. The van der Waals surface area contributed by atoms with Crippen LogP contribution < -0.4 is 5.32 Å². The lowest BCUT2D eigenvalue weighted by Gasteiger charge is -2.09. The Balaban J connectivity index is 2.17. The maximum atomic E-state index is 13.0. The molecular formula is C14H13FN2O2. The number of aliphatic hydroxyl groups is 1. The molecule has 0 saturated heterocycles. The summed E-state index contributed by atoms with van der Waals surface area (Å²) in [6.07, 6.45) is 1.70. The Hall–Kier alpha value is -2.27. The number of nitrogens with one attached hydrogen (secondary N) is 1. The minimum atomic E-state index is -0.618. The summed E-state index contributed by atoms with van der Waals surface area (Å²) in [4.78, 5) is 15.5. The predicted molar refractivity (Wildman–Crippen MR) is 69.2 cm³/mol. The van der Waals surface area contributed by atoms with Gasteiger partial charge in [-0.3, -0.25) is 9.78 Å². The Kier molecular flexibility index (Phi) is 3.87. The van der Waals surface area contributed by atoms with E-state index in [4.69, 9.17) is 0 Å². The van der Waals surface area contributed by atoms with Crippen LogP contribution in [0.1, 0.15) is 28.9 Å². The lowest BCUT2D eigenvalue weighted by molar-refractivity contribution is 0.102. The number of benzene rings is 1. The van der Waals surface area contributed by atoms with Crippen LogP contribution >= 0.6 is 0 Å². The molecule has 0 aliphatic heterocycles. The van der Waals surface area contributed by atoms with E-state index in [-0.39, 0.29) is 5.56 Å². The van der Waals surface area contributed by atoms with Crippen molar-refractivity contribution in [2.24, 2.45) is 0 Å². The summed E-state index contributed by atoms with van der Waals surface area (Å²) in [5, 5.41) is 12.1. The van der Waals surface area contributed by atoms with Crippen LogP contribution in [0.4, 0.5) is 10.1 Å². The highest BCUT2D eigenvalue weighted by atomic mass is 19.1. The highest BCUT2D eigenvalue weighted by Crippen LogP contribution is 2.17. The molecule has 0 aliphatic carbocycles. The zero-order valence-electron chi connectivity index (χ0n) is 10.3. The number of carbonyl (C=O) groups excluding carboxylic acids is 1. The molecule has 2 N–H and O–H groups in total. The van der Waals surface area contributed by atoms with E-state index >= 15 is 0 Å². The first-order valence-electron chi connectivity index (χ1n) is 5.76. The molecule has 0 fully saturated rings. The van der Waals surface area contributed by atoms with Gasteiger partial charge in [0, 0.05) is 11.9 Å². The molecule has 1 aromatic carbocycles. The monoisotopic (exact) mass is 260 g/mol. The minimum absolute atomic E-state index is 0.141. The number of amides is 1. The van der Waals surface area contributed by atoms with Crippen LogP contribution in [0.15, 0.2) is 42.7 Å². The summed E-state index contributed by atoms with van der Waals surface area (Å²) in [6.45, 7) is 1.64. The van der Waals surface area contributed by atoms with Gasteiger partial charge in [-0.25, -0.2) is 4.39 Å². The average molecular weight is 260 g/mol. The van der Waals surface area contributed by atoms with Crippen LogP contribution in [0.25, 0.3) is 0 Å². The summed E-state index contributed by atoms with van der Waals surface area (Å²) in [5.74, 6) is -1.01. The van der Waals surface area contributed by atoms with Crippen molar-refractivity contribution in [2.45, 2.75) is 13.0 Å². The van der Waals surface area contributed by atoms with Gasteiger partial charge < -0.3 is 10.4 Å². The number of aliphatic hydroxyl groups excluding tert-OH is 1. The molecule has 1 amide bonds. The van der Waals surface area contributed by atoms with Gasteiger partial charge in [0.1, 0.15) is 5.82 Å². The molecule has 0 radical (unpaired) electrons. The van der Waals surface area contributed by atoms with Gasteiger partial charge in [0.25, 0.3) is 5.91 Å². The van der Waals surface area contributed by atoms with E-state index in [2.05, 4.69) is 10.3 Å². The number of rotatable bonds is 3. The molecule has 98 valence electrons. The summed E-state index contributed by atoms with van der Waals surface area (Å²) in [6, 6.07) is 7.94. The van der Waals surface area contributed by atoms with E-state index in [1.165, 1.54) is 6.20 Å². The first-order valence-corrected chi connectivity index (χ1v) is 5.76. The first-order chi connectivity index (χ1) is 9.06. The highest BCUT2D eigenvalue weighted by molar-refractivity contribution is 6.04. The minimum Gasteiger partial charge on any atom is -0.389 e.